The van der Waals surface area contributed by atoms with E-state index in [9.17, 15) is 8.42 Å². The summed E-state index contributed by atoms with van der Waals surface area (Å²) in [6.45, 7) is -0.263. The first-order valence-corrected chi connectivity index (χ1v) is 8.12. The van der Waals surface area contributed by atoms with Crippen molar-refractivity contribution in [3.05, 3.63) is 54.2 Å². The number of hydrogen-bond donors (Lipinski definition) is 2. The Morgan fingerprint density at radius 2 is 1.78 bits per heavy atom. The Labute approximate surface area is 133 Å². The summed E-state index contributed by atoms with van der Waals surface area (Å²) >= 11 is 0. The van der Waals surface area contributed by atoms with Crippen molar-refractivity contribution in [1.82, 2.24) is 9.97 Å². The highest BCUT2D eigenvalue weighted by atomic mass is 32.2. The molecule has 0 bridgehead atoms. The highest BCUT2D eigenvalue weighted by molar-refractivity contribution is 7.86. The first-order valence-electron chi connectivity index (χ1n) is 6.71. The lowest BCUT2D eigenvalue weighted by Gasteiger charge is -2.08. The zero-order chi connectivity index (χ0) is 16.4. The summed E-state index contributed by atoms with van der Waals surface area (Å²) in [7, 11) is -3.92. The van der Waals surface area contributed by atoms with Crippen LogP contribution in [0.1, 0.15) is 5.56 Å². The highest BCUT2D eigenvalue weighted by Gasteiger charge is 2.17. The van der Waals surface area contributed by atoms with Crippen molar-refractivity contribution in [2.45, 2.75) is 11.5 Å². The largest absolute Gasteiger partial charge is 0.383 e. The average molecular weight is 330 g/mol. The van der Waals surface area contributed by atoms with Crippen molar-refractivity contribution in [2.75, 3.05) is 11.5 Å². The minimum absolute atomic E-state index is 0.0173. The van der Waals surface area contributed by atoms with Gasteiger partial charge >= 0.3 is 0 Å². The minimum Gasteiger partial charge on any atom is -0.383 e. The van der Waals surface area contributed by atoms with E-state index in [0.29, 0.717) is 5.56 Å². The maximum Gasteiger partial charge on any atom is 0.297 e. The fourth-order valence-corrected chi connectivity index (χ4v) is 3.00. The summed E-state index contributed by atoms with van der Waals surface area (Å²) in [5, 5.41) is 1.76. The average Bonchev–Trinajstić information content (AvgIpc) is 2.53. The summed E-state index contributed by atoms with van der Waals surface area (Å²) in [6, 6.07) is 12.3. The normalized spacial score (nSPS) is 11.7. The van der Waals surface area contributed by atoms with E-state index in [0.717, 1.165) is 10.8 Å². The van der Waals surface area contributed by atoms with Crippen LogP contribution in [0.5, 0.6) is 0 Å². The molecule has 0 aliphatic carbocycles. The Hall–Kier alpha value is -2.71. The van der Waals surface area contributed by atoms with Gasteiger partial charge in [-0.05, 0) is 22.9 Å². The van der Waals surface area contributed by atoms with Crippen molar-refractivity contribution < 1.29 is 12.6 Å². The lowest BCUT2D eigenvalue weighted by atomic mass is 10.1. The number of hydrogen-bond acceptors (Lipinski definition) is 7. The molecule has 0 radical (unpaired) electrons. The number of benzene rings is 2. The summed E-state index contributed by atoms with van der Waals surface area (Å²) < 4.78 is 29.6. The fraction of sp³-hybridized carbons (Fsp3) is 0.0667. The molecular formula is C15H14N4O3S. The van der Waals surface area contributed by atoms with Gasteiger partial charge in [0.1, 0.15) is 5.82 Å². The second-order valence-electron chi connectivity index (χ2n) is 4.86. The van der Waals surface area contributed by atoms with E-state index in [1.54, 1.807) is 12.1 Å². The smallest absolute Gasteiger partial charge is 0.297 e. The molecule has 0 unspecified atom stereocenters. The van der Waals surface area contributed by atoms with Crippen LogP contribution >= 0.6 is 0 Å². The quantitative estimate of drug-likeness (QED) is 0.698. The molecule has 4 N–H and O–H groups in total. The van der Waals surface area contributed by atoms with Crippen molar-refractivity contribution in [3.63, 3.8) is 0 Å². The molecule has 2 aromatic carbocycles. The van der Waals surface area contributed by atoms with Crippen molar-refractivity contribution in [1.29, 1.82) is 0 Å². The summed E-state index contributed by atoms with van der Waals surface area (Å²) in [6.07, 6.45) is 1.34. The molecule has 7 nitrogen and oxygen atoms in total. The Balaban J connectivity index is 1.85. The summed E-state index contributed by atoms with van der Waals surface area (Å²) in [5.74, 6) is 0.106. The standard InChI is InChI=1S/C15H14N4O3S/c16-14-12(8-18-15(17)19-14)9-22-23(20,21)13-6-5-10-3-1-2-4-11(10)7-13/h1-8H,9H2,(H4,16,17,18,19). The lowest BCUT2D eigenvalue weighted by molar-refractivity contribution is 0.308. The van der Waals surface area contributed by atoms with Gasteiger partial charge in [0.2, 0.25) is 5.95 Å². The Kier molecular flexibility index (Phi) is 3.85. The second kappa shape index (κ2) is 5.82. The molecule has 1 aromatic heterocycles. The van der Waals surface area contributed by atoms with Crippen LogP contribution in [0.15, 0.2) is 53.6 Å². The SMILES string of the molecule is Nc1ncc(COS(=O)(=O)c2ccc3ccccc3c2)c(N)n1. The maximum absolute atomic E-state index is 12.3. The number of aromatic nitrogens is 2. The van der Waals surface area contributed by atoms with E-state index in [4.69, 9.17) is 15.7 Å². The first-order chi connectivity index (χ1) is 11.0. The minimum atomic E-state index is -3.92. The van der Waals surface area contributed by atoms with Crippen LogP contribution in [-0.2, 0) is 20.9 Å². The predicted octanol–water partition coefficient (Wildman–Crippen LogP) is 1.70. The van der Waals surface area contributed by atoms with E-state index in [2.05, 4.69) is 9.97 Å². The topological polar surface area (TPSA) is 121 Å². The Morgan fingerprint density at radius 1 is 1.04 bits per heavy atom. The molecule has 0 amide bonds. The van der Waals surface area contributed by atoms with Gasteiger partial charge < -0.3 is 11.5 Å². The van der Waals surface area contributed by atoms with Gasteiger partial charge in [-0.25, -0.2) is 4.98 Å². The number of nitrogens with two attached hydrogens (primary N) is 2. The molecule has 0 saturated carbocycles. The molecule has 0 aliphatic heterocycles. The van der Waals surface area contributed by atoms with E-state index in [-0.39, 0.29) is 23.3 Å². The highest BCUT2D eigenvalue weighted by Crippen LogP contribution is 2.21. The number of nitrogen functional groups attached to an aromatic ring is 2. The first kappa shape index (κ1) is 15.2. The van der Waals surface area contributed by atoms with Gasteiger partial charge in [-0.1, -0.05) is 30.3 Å². The van der Waals surface area contributed by atoms with Crippen molar-refractivity contribution >= 4 is 32.7 Å². The van der Waals surface area contributed by atoms with Crippen LogP contribution < -0.4 is 11.5 Å². The van der Waals surface area contributed by atoms with Crippen molar-refractivity contribution in [2.24, 2.45) is 0 Å². The number of rotatable bonds is 4. The third-order valence-corrected chi connectivity index (χ3v) is 4.56. The molecule has 0 fully saturated rings. The van der Waals surface area contributed by atoms with Crippen LogP contribution in [-0.4, -0.2) is 18.4 Å². The molecule has 118 valence electrons. The van der Waals surface area contributed by atoms with Crippen LogP contribution in [0.4, 0.5) is 11.8 Å². The lowest BCUT2D eigenvalue weighted by Crippen LogP contribution is -2.09. The van der Waals surface area contributed by atoms with Gasteiger partial charge in [-0.15, -0.1) is 0 Å². The van der Waals surface area contributed by atoms with Crippen LogP contribution in [0.2, 0.25) is 0 Å². The maximum atomic E-state index is 12.3. The van der Waals surface area contributed by atoms with Crippen LogP contribution in [0, 0.1) is 0 Å². The van der Waals surface area contributed by atoms with E-state index < -0.39 is 10.1 Å². The van der Waals surface area contributed by atoms with Gasteiger partial charge in [-0.3, -0.25) is 4.18 Å². The van der Waals surface area contributed by atoms with E-state index >= 15 is 0 Å². The molecular weight excluding hydrogens is 316 g/mol. The molecule has 1 heterocycles. The molecule has 8 heteroatoms. The van der Waals surface area contributed by atoms with Gasteiger partial charge in [0, 0.05) is 11.8 Å². The Bertz CT molecular complexity index is 973. The van der Waals surface area contributed by atoms with E-state index in [1.807, 2.05) is 24.3 Å². The third kappa shape index (κ3) is 3.22. The molecule has 0 aliphatic rings. The molecule has 0 atom stereocenters. The fourth-order valence-electron chi connectivity index (χ4n) is 2.08. The van der Waals surface area contributed by atoms with Crippen molar-refractivity contribution in [3.8, 4) is 0 Å². The van der Waals surface area contributed by atoms with Gasteiger partial charge in [0.15, 0.2) is 0 Å². The zero-order valence-electron chi connectivity index (χ0n) is 12.0. The van der Waals surface area contributed by atoms with E-state index in [1.165, 1.54) is 12.3 Å². The molecule has 0 saturated heterocycles. The second-order valence-corrected chi connectivity index (χ2v) is 6.48. The molecule has 23 heavy (non-hydrogen) atoms. The summed E-state index contributed by atoms with van der Waals surface area (Å²) in [4.78, 5) is 7.60. The number of anilines is 2. The predicted molar refractivity (Wildman–Crippen MR) is 86.8 cm³/mol. The molecule has 3 aromatic rings. The van der Waals surface area contributed by atoms with Gasteiger partial charge in [-0.2, -0.15) is 13.4 Å². The zero-order valence-corrected chi connectivity index (χ0v) is 12.8. The summed E-state index contributed by atoms with van der Waals surface area (Å²) in [5.41, 5.74) is 11.4. The number of nitrogens with zero attached hydrogens (tertiary/aromatic N) is 2. The Morgan fingerprint density at radius 3 is 2.52 bits per heavy atom. The number of fused-ring (bicyclic) bond motifs is 1. The van der Waals surface area contributed by atoms with Crippen LogP contribution in [0.3, 0.4) is 0 Å². The van der Waals surface area contributed by atoms with Crippen LogP contribution in [0.25, 0.3) is 10.8 Å². The van der Waals surface area contributed by atoms with Gasteiger partial charge in [0.25, 0.3) is 10.1 Å². The molecule has 0 spiro atoms. The molecule has 3 rings (SSSR count). The van der Waals surface area contributed by atoms with Gasteiger partial charge in [0.05, 0.1) is 11.5 Å². The monoisotopic (exact) mass is 330 g/mol. The third-order valence-electron chi connectivity index (χ3n) is 3.30.